The van der Waals surface area contributed by atoms with Crippen LogP contribution in [0, 0.1) is 0 Å². The summed E-state index contributed by atoms with van der Waals surface area (Å²) in [5.74, 6) is -0.267. The lowest BCUT2D eigenvalue weighted by Crippen LogP contribution is -2.25. The zero-order chi connectivity index (χ0) is 21.0. The standard InChI is InChI=1S/C20H19F2N3O3S/c1-12(2)25-18(27)15-5-3-4-6-16(15)24-20(25)29-11-17(26)23-13-7-9-14(10-8-13)28-19(21)22/h3-10,12,19H,11H2,1-2H3,(H,23,26). The Kier molecular flexibility index (Phi) is 6.48. The number of anilines is 1. The predicted octanol–water partition coefficient (Wildman–Crippen LogP) is 4.31. The van der Waals surface area contributed by atoms with Crippen LogP contribution in [-0.4, -0.2) is 27.8 Å². The minimum atomic E-state index is -2.90. The van der Waals surface area contributed by atoms with Crippen molar-refractivity contribution in [2.45, 2.75) is 31.7 Å². The van der Waals surface area contributed by atoms with Gasteiger partial charge in [0.15, 0.2) is 5.16 Å². The molecule has 3 aromatic rings. The van der Waals surface area contributed by atoms with E-state index < -0.39 is 6.61 Å². The van der Waals surface area contributed by atoms with E-state index in [4.69, 9.17) is 0 Å². The molecule has 1 aromatic heterocycles. The molecular weight excluding hydrogens is 400 g/mol. The maximum atomic E-state index is 12.8. The average Bonchev–Trinajstić information content (AvgIpc) is 2.67. The van der Waals surface area contributed by atoms with E-state index in [1.54, 1.807) is 28.8 Å². The van der Waals surface area contributed by atoms with E-state index in [1.807, 2.05) is 13.8 Å². The molecule has 1 N–H and O–H groups in total. The summed E-state index contributed by atoms with van der Waals surface area (Å²) in [5, 5.41) is 3.66. The molecule has 0 unspecified atom stereocenters. The molecule has 0 aliphatic carbocycles. The molecule has 9 heteroatoms. The first kappa shape index (κ1) is 20.8. The van der Waals surface area contributed by atoms with Gasteiger partial charge in [-0.15, -0.1) is 0 Å². The average molecular weight is 419 g/mol. The lowest BCUT2D eigenvalue weighted by molar-refractivity contribution is -0.113. The first-order valence-corrected chi connectivity index (χ1v) is 9.82. The fourth-order valence-corrected chi connectivity index (χ4v) is 3.66. The van der Waals surface area contributed by atoms with E-state index in [9.17, 15) is 18.4 Å². The number of para-hydroxylation sites is 1. The van der Waals surface area contributed by atoms with Gasteiger partial charge in [0.25, 0.3) is 5.56 Å². The zero-order valence-electron chi connectivity index (χ0n) is 15.8. The maximum Gasteiger partial charge on any atom is 0.387 e. The Labute approximate surface area is 169 Å². The molecule has 0 saturated heterocycles. The van der Waals surface area contributed by atoms with Crippen LogP contribution in [0.3, 0.4) is 0 Å². The number of hydrogen-bond donors (Lipinski definition) is 1. The number of hydrogen-bond acceptors (Lipinski definition) is 5. The number of nitrogens with one attached hydrogen (secondary N) is 1. The fraction of sp³-hybridized carbons (Fsp3) is 0.250. The van der Waals surface area contributed by atoms with Gasteiger partial charge in [-0.05, 0) is 50.2 Å². The minimum Gasteiger partial charge on any atom is -0.435 e. The number of nitrogens with zero attached hydrogens (tertiary/aromatic N) is 2. The number of thioether (sulfide) groups is 1. The van der Waals surface area contributed by atoms with Crippen LogP contribution in [0.2, 0.25) is 0 Å². The summed E-state index contributed by atoms with van der Waals surface area (Å²) in [6.07, 6.45) is 0. The second-order valence-corrected chi connectivity index (χ2v) is 7.36. The number of amides is 1. The molecule has 152 valence electrons. The van der Waals surface area contributed by atoms with Gasteiger partial charge in [0.2, 0.25) is 5.91 Å². The Morgan fingerprint density at radius 3 is 2.52 bits per heavy atom. The SMILES string of the molecule is CC(C)n1c(SCC(=O)Nc2ccc(OC(F)F)cc2)nc2ccccc2c1=O. The van der Waals surface area contributed by atoms with Gasteiger partial charge in [-0.2, -0.15) is 8.78 Å². The van der Waals surface area contributed by atoms with Gasteiger partial charge in [0.1, 0.15) is 5.75 Å². The van der Waals surface area contributed by atoms with Gasteiger partial charge >= 0.3 is 6.61 Å². The molecule has 29 heavy (non-hydrogen) atoms. The van der Waals surface area contributed by atoms with Crippen LogP contribution in [0.1, 0.15) is 19.9 Å². The van der Waals surface area contributed by atoms with Crippen molar-refractivity contribution in [3.05, 3.63) is 58.9 Å². The summed E-state index contributed by atoms with van der Waals surface area (Å²) in [6, 6.07) is 12.6. The maximum absolute atomic E-state index is 12.8. The van der Waals surface area contributed by atoms with E-state index in [-0.39, 0.29) is 29.0 Å². The van der Waals surface area contributed by atoms with E-state index in [0.717, 1.165) is 11.8 Å². The number of ether oxygens (including phenoxy) is 1. The molecule has 0 fully saturated rings. The Hall–Kier alpha value is -2.94. The quantitative estimate of drug-likeness (QED) is 0.456. The summed E-state index contributed by atoms with van der Waals surface area (Å²) < 4.78 is 30.2. The largest absolute Gasteiger partial charge is 0.435 e. The number of halogens is 2. The number of alkyl halides is 2. The van der Waals surface area contributed by atoms with Crippen LogP contribution in [0.25, 0.3) is 10.9 Å². The molecule has 6 nitrogen and oxygen atoms in total. The van der Waals surface area contributed by atoms with Gasteiger partial charge in [-0.1, -0.05) is 23.9 Å². The molecule has 0 radical (unpaired) electrons. The van der Waals surface area contributed by atoms with Crippen LogP contribution in [0.15, 0.2) is 58.5 Å². The highest BCUT2D eigenvalue weighted by atomic mass is 32.2. The molecular formula is C20H19F2N3O3S. The first-order valence-electron chi connectivity index (χ1n) is 8.84. The van der Waals surface area contributed by atoms with E-state index in [1.165, 1.54) is 24.3 Å². The molecule has 0 saturated carbocycles. The molecule has 0 spiro atoms. The fourth-order valence-electron chi connectivity index (χ4n) is 2.73. The molecule has 0 bridgehead atoms. The summed E-state index contributed by atoms with van der Waals surface area (Å²) in [6.45, 7) is 0.857. The van der Waals surface area contributed by atoms with Gasteiger partial charge < -0.3 is 10.1 Å². The van der Waals surface area contributed by atoms with E-state index in [2.05, 4.69) is 15.0 Å². The highest BCUT2D eigenvalue weighted by molar-refractivity contribution is 7.99. The summed E-state index contributed by atoms with van der Waals surface area (Å²) in [5.41, 5.74) is 0.875. The minimum absolute atomic E-state index is 0.00804. The second-order valence-electron chi connectivity index (χ2n) is 6.42. The van der Waals surface area contributed by atoms with Crippen LogP contribution in [0.5, 0.6) is 5.75 Å². The molecule has 0 atom stereocenters. The van der Waals surface area contributed by atoms with Gasteiger partial charge in [-0.25, -0.2) is 4.98 Å². The van der Waals surface area contributed by atoms with Crippen LogP contribution >= 0.6 is 11.8 Å². The third kappa shape index (κ3) is 5.11. The number of aromatic nitrogens is 2. The van der Waals surface area contributed by atoms with Crippen molar-refractivity contribution in [3.8, 4) is 5.75 Å². The number of fused-ring (bicyclic) bond motifs is 1. The third-order valence-electron chi connectivity index (χ3n) is 3.99. The van der Waals surface area contributed by atoms with Crippen LogP contribution in [-0.2, 0) is 4.79 Å². The number of rotatable bonds is 7. The van der Waals surface area contributed by atoms with E-state index in [0.29, 0.717) is 21.7 Å². The topological polar surface area (TPSA) is 73.2 Å². The van der Waals surface area contributed by atoms with Crippen molar-refractivity contribution >= 4 is 34.3 Å². The lowest BCUT2D eigenvalue weighted by atomic mass is 10.2. The summed E-state index contributed by atoms with van der Waals surface area (Å²) in [7, 11) is 0. The number of benzene rings is 2. The Morgan fingerprint density at radius 1 is 1.17 bits per heavy atom. The van der Waals surface area contributed by atoms with E-state index >= 15 is 0 Å². The highest BCUT2D eigenvalue weighted by Gasteiger charge is 2.15. The van der Waals surface area contributed by atoms with Crippen molar-refractivity contribution in [2.75, 3.05) is 11.1 Å². The molecule has 1 amide bonds. The predicted molar refractivity (Wildman–Crippen MR) is 109 cm³/mol. The van der Waals surface area contributed by atoms with Gasteiger partial charge in [-0.3, -0.25) is 14.2 Å². The molecule has 0 aliphatic rings. The smallest absolute Gasteiger partial charge is 0.387 e. The third-order valence-corrected chi connectivity index (χ3v) is 4.94. The molecule has 0 aliphatic heterocycles. The van der Waals surface area contributed by atoms with Crippen molar-refractivity contribution < 1.29 is 18.3 Å². The molecule has 1 heterocycles. The van der Waals surface area contributed by atoms with Gasteiger partial charge in [0, 0.05) is 11.7 Å². The van der Waals surface area contributed by atoms with Crippen molar-refractivity contribution in [3.63, 3.8) is 0 Å². The number of carbonyl (C=O) groups is 1. The van der Waals surface area contributed by atoms with Crippen molar-refractivity contribution in [2.24, 2.45) is 0 Å². The zero-order valence-corrected chi connectivity index (χ0v) is 16.6. The summed E-state index contributed by atoms with van der Waals surface area (Å²) >= 11 is 1.16. The monoisotopic (exact) mass is 419 g/mol. The van der Waals surface area contributed by atoms with Crippen LogP contribution in [0.4, 0.5) is 14.5 Å². The molecule has 3 rings (SSSR count). The highest BCUT2D eigenvalue weighted by Crippen LogP contribution is 2.22. The van der Waals surface area contributed by atoms with Gasteiger partial charge in [0.05, 0.1) is 16.7 Å². The summed E-state index contributed by atoms with van der Waals surface area (Å²) in [4.78, 5) is 29.6. The number of carbonyl (C=O) groups excluding carboxylic acids is 1. The van der Waals surface area contributed by atoms with Crippen molar-refractivity contribution in [1.29, 1.82) is 0 Å². The van der Waals surface area contributed by atoms with Crippen LogP contribution < -0.4 is 15.6 Å². The first-order chi connectivity index (χ1) is 13.8. The normalized spacial score (nSPS) is 11.2. The molecule has 2 aromatic carbocycles. The van der Waals surface area contributed by atoms with Crippen molar-refractivity contribution in [1.82, 2.24) is 9.55 Å². The Morgan fingerprint density at radius 2 is 1.86 bits per heavy atom. The Bertz CT molecular complexity index is 1070. The Balaban J connectivity index is 1.72. The lowest BCUT2D eigenvalue weighted by Gasteiger charge is -2.16. The second kappa shape index (κ2) is 9.04.